The Morgan fingerprint density at radius 1 is 1.35 bits per heavy atom. The average molecular weight is 292 g/mol. The fraction of sp³-hybridized carbons (Fsp3) is 0.167. The molecule has 0 spiro atoms. The summed E-state index contributed by atoms with van der Waals surface area (Å²) in [4.78, 5) is 24.4. The van der Waals surface area contributed by atoms with Crippen molar-refractivity contribution in [2.24, 2.45) is 0 Å². The standard InChI is InChI=1S/C12H12N4O3S/c13-8-3-1-2-4-10(8)16(6-5-11(17)18)12(19)9-7-20-15-14-9/h1-4,7H,5-6,13H2,(H,17,18). The number of aliphatic carboxylic acids is 1. The van der Waals surface area contributed by atoms with Crippen LogP contribution in [-0.2, 0) is 4.79 Å². The molecule has 0 aliphatic heterocycles. The Balaban J connectivity index is 2.32. The molecule has 20 heavy (non-hydrogen) atoms. The summed E-state index contributed by atoms with van der Waals surface area (Å²) in [5.74, 6) is -1.41. The minimum Gasteiger partial charge on any atom is -0.481 e. The van der Waals surface area contributed by atoms with E-state index in [9.17, 15) is 9.59 Å². The maximum Gasteiger partial charge on any atom is 0.305 e. The number of amides is 1. The maximum atomic E-state index is 12.4. The molecule has 0 saturated heterocycles. The summed E-state index contributed by atoms with van der Waals surface area (Å²) in [6.45, 7) is 0.0138. The van der Waals surface area contributed by atoms with Crippen molar-refractivity contribution in [1.82, 2.24) is 9.59 Å². The molecule has 0 atom stereocenters. The van der Waals surface area contributed by atoms with Gasteiger partial charge in [0.15, 0.2) is 5.69 Å². The monoisotopic (exact) mass is 292 g/mol. The van der Waals surface area contributed by atoms with Crippen molar-refractivity contribution in [3.63, 3.8) is 0 Å². The molecule has 1 amide bonds. The third kappa shape index (κ3) is 3.09. The summed E-state index contributed by atoms with van der Waals surface area (Å²) < 4.78 is 3.63. The molecule has 3 N–H and O–H groups in total. The van der Waals surface area contributed by atoms with Crippen LogP contribution in [0.15, 0.2) is 29.6 Å². The second-order valence-electron chi connectivity index (χ2n) is 3.95. The summed E-state index contributed by atoms with van der Waals surface area (Å²) in [6, 6.07) is 6.78. The van der Waals surface area contributed by atoms with Gasteiger partial charge >= 0.3 is 5.97 Å². The van der Waals surface area contributed by atoms with Gasteiger partial charge in [-0.25, -0.2) is 0 Å². The molecule has 1 aromatic carbocycles. The molecular weight excluding hydrogens is 280 g/mol. The Kier molecular flexibility index (Phi) is 4.26. The highest BCUT2D eigenvalue weighted by atomic mass is 32.1. The largest absolute Gasteiger partial charge is 0.481 e. The number of nitrogens with two attached hydrogens (primary N) is 1. The summed E-state index contributed by atoms with van der Waals surface area (Å²) in [6.07, 6.45) is -0.183. The van der Waals surface area contributed by atoms with E-state index >= 15 is 0 Å². The van der Waals surface area contributed by atoms with Crippen LogP contribution in [0, 0.1) is 0 Å². The van der Waals surface area contributed by atoms with Crippen LogP contribution in [-0.4, -0.2) is 33.1 Å². The van der Waals surface area contributed by atoms with Gasteiger partial charge in [-0.2, -0.15) is 0 Å². The Morgan fingerprint density at radius 3 is 2.70 bits per heavy atom. The van der Waals surface area contributed by atoms with Gasteiger partial charge in [0.05, 0.1) is 17.8 Å². The van der Waals surface area contributed by atoms with Gasteiger partial charge in [0.2, 0.25) is 0 Å². The first kappa shape index (κ1) is 13.9. The predicted octanol–water partition coefficient (Wildman–Crippen LogP) is 1.24. The van der Waals surface area contributed by atoms with Gasteiger partial charge in [0.1, 0.15) is 0 Å². The van der Waals surface area contributed by atoms with Crippen LogP contribution < -0.4 is 10.6 Å². The van der Waals surface area contributed by atoms with Gasteiger partial charge in [0, 0.05) is 11.9 Å². The molecule has 2 rings (SSSR count). The molecule has 0 saturated carbocycles. The van der Waals surface area contributed by atoms with E-state index in [2.05, 4.69) is 9.59 Å². The van der Waals surface area contributed by atoms with Crippen LogP contribution in [0.1, 0.15) is 16.9 Å². The minimum atomic E-state index is -0.992. The minimum absolute atomic E-state index is 0.0138. The lowest BCUT2D eigenvalue weighted by Gasteiger charge is -2.22. The number of hydrogen-bond donors (Lipinski definition) is 2. The predicted molar refractivity (Wildman–Crippen MR) is 74.7 cm³/mol. The number of carbonyl (C=O) groups is 2. The number of nitrogen functional groups attached to an aromatic ring is 1. The van der Waals surface area contributed by atoms with Gasteiger partial charge in [-0.3, -0.25) is 9.59 Å². The molecule has 0 unspecified atom stereocenters. The van der Waals surface area contributed by atoms with E-state index in [1.165, 1.54) is 10.3 Å². The van der Waals surface area contributed by atoms with Crippen molar-refractivity contribution in [3.8, 4) is 0 Å². The van der Waals surface area contributed by atoms with Crippen molar-refractivity contribution in [3.05, 3.63) is 35.3 Å². The van der Waals surface area contributed by atoms with Crippen molar-refractivity contribution in [2.75, 3.05) is 17.2 Å². The van der Waals surface area contributed by atoms with Crippen molar-refractivity contribution >= 4 is 34.8 Å². The second-order valence-corrected chi connectivity index (χ2v) is 4.56. The number of nitrogens with zero attached hydrogens (tertiary/aromatic N) is 3. The number of benzene rings is 1. The third-order valence-electron chi connectivity index (χ3n) is 2.60. The van der Waals surface area contributed by atoms with Crippen molar-refractivity contribution < 1.29 is 14.7 Å². The highest BCUT2D eigenvalue weighted by molar-refractivity contribution is 7.03. The Bertz CT molecular complexity index is 615. The number of anilines is 2. The highest BCUT2D eigenvalue weighted by Crippen LogP contribution is 2.24. The zero-order valence-corrected chi connectivity index (χ0v) is 11.2. The molecule has 0 aliphatic rings. The van der Waals surface area contributed by atoms with Crippen molar-refractivity contribution in [2.45, 2.75) is 6.42 Å². The molecular formula is C12H12N4O3S. The molecule has 7 nitrogen and oxygen atoms in total. The van der Waals surface area contributed by atoms with E-state index in [0.717, 1.165) is 11.5 Å². The van der Waals surface area contributed by atoms with E-state index < -0.39 is 11.9 Å². The lowest BCUT2D eigenvalue weighted by molar-refractivity contribution is -0.136. The van der Waals surface area contributed by atoms with E-state index in [1.54, 1.807) is 24.3 Å². The number of aromatic nitrogens is 2. The number of carbonyl (C=O) groups excluding carboxylic acids is 1. The van der Waals surface area contributed by atoms with Gasteiger partial charge in [-0.1, -0.05) is 16.6 Å². The normalized spacial score (nSPS) is 10.2. The fourth-order valence-electron chi connectivity index (χ4n) is 1.67. The first-order valence-corrected chi connectivity index (χ1v) is 6.58. The SMILES string of the molecule is Nc1ccccc1N(CCC(=O)O)C(=O)c1csnn1. The molecule has 2 aromatic rings. The van der Waals surface area contributed by atoms with Gasteiger partial charge in [-0.05, 0) is 23.7 Å². The topological polar surface area (TPSA) is 109 Å². The number of para-hydroxylation sites is 2. The zero-order valence-electron chi connectivity index (χ0n) is 10.4. The summed E-state index contributed by atoms with van der Waals surface area (Å²) in [5.41, 5.74) is 6.88. The fourth-order valence-corrected chi connectivity index (χ4v) is 2.10. The third-order valence-corrected chi connectivity index (χ3v) is 3.11. The second kappa shape index (κ2) is 6.11. The molecule has 0 fully saturated rings. The van der Waals surface area contributed by atoms with Crippen LogP contribution in [0.25, 0.3) is 0 Å². The first-order chi connectivity index (χ1) is 9.59. The molecule has 0 radical (unpaired) electrons. The lowest BCUT2D eigenvalue weighted by atomic mass is 10.2. The summed E-state index contributed by atoms with van der Waals surface area (Å²) >= 11 is 1.05. The summed E-state index contributed by atoms with van der Waals surface area (Å²) in [7, 11) is 0. The van der Waals surface area contributed by atoms with E-state index in [4.69, 9.17) is 10.8 Å². The van der Waals surface area contributed by atoms with Crippen LogP contribution in [0.4, 0.5) is 11.4 Å². The smallest absolute Gasteiger partial charge is 0.305 e. The molecule has 0 bridgehead atoms. The van der Waals surface area contributed by atoms with Crippen LogP contribution in [0.5, 0.6) is 0 Å². The number of hydrogen-bond acceptors (Lipinski definition) is 6. The highest BCUT2D eigenvalue weighted by Gasteiger charge is 2.22. The van der Waals surface area contributed by atoms with Gasteiger partial charge in [-0.15, -0.1) is 5.10 Å². The molecule has 1 aromatic heterocycles. The van der Waals surface area contributed by atoms with Crippen LogP contribution in [0.3, 0.4) is 0 Å². The molecule has 8 heteroatoms. The Hall–Kier alpha value is -2.48. The lowest BCUT2D eigenvalue weighted by Crippen LogP contribution is -2.33. The van der Waals surface area contributed by atoms with E-state index in [-0.39, 0.29) is 18.7 Å². The van der Waals surface area contributed by atoms with Crippen LogP contribution in [0.2, 0.25) is 0 Å². The van der Waals surface area contributed by atoms with Gasteiger partial charge < -0.3 is 15.7 Å². The van der Waals surface area contributed by atoms with Gasteiger partial charge in [0.25, 0.3) is 5.91 Å². The number of carboxylic acids is 1. The first-order valence-electron chi connectivity index (χ1n) is 5.75. The zero-order chi connectivity index (χ0) is 14.5. The maximum absolute atomic E-state index is 12.4. The molecule has 0 aliphatic carbocycles. The average Bonchev–Trinajstić information content (AvgIpc) is 2.94. The van der Waals surface area contributed by atoms with E-state index in [0.29, 0.717) is 11.4 Å². The van der Waals surface area contributed by atoms with E-state index in [1.807, 2.05) is 0 Å². The number of rotatable bonds is 5. The Labute approximate surface area is 118 Å². The quantitative estimate of drug-likeness (QED) is 0.802. The molecule has 104 valence electrons. The van der Waals surface area contributed by atoms with Crippen LogP contribution >= 0.6 is 11.5 Å². The number of carboxylic acid groups (broad SMARTS) is 1. The van der Waals surface area contributed by atoms with Crippen molar-refractivity contribution in [1.29, 1.82) is 0 Å². The Morgan fingerprint density at radius 2 is 2.10 bits per heavy atom. The molecule has 1 heterocycles. The summed E-state index contributed by atoms with van der Waals surface area (Å²) in [5, 5.41) is 14.0.